The molecule has 2 amide bonds. The monoisotopic (exact) mass is 529 g/mol. The predicted molar refractivity (Wildman–Crippen MR) is 145 cm³/mol. The lowest BCUT2D eigenvalue weighted by Gasteiger charge is -2.26. The number of nitrogens with one attached hydrogen (secondary N) is 2. The number of nitrogens with zero attached hydrogens (tertiary/aromatic N) is 1. The number of ether oxygens (including phenoxy) is 2. The van der Waals surface area contributed by atoms with E-state index in [9.17, 15) is 14.4 Å². The second-order valence-electron chi connectivity index (χ2n) is 9.46. The van der Waals surface area contributed by atoms with Crippen LogP contribution in [0.1, 0.15) is 37.3 Å². The third kappa shape index (κ3) is 5.58. The Morgan fingerprint density at radius 1 is 0.923 bits per heavy atom. The molecule has 0 saturated carbocycles. The van der Waals surface area contributed by atoms with Crippen molar-refractivity contribution < 1.29 is 28.7 Å². The number of anilines is 1. The largest absolute Gasteiger partial charge is 0.464 e. The van der Waals surface area contributed by atoms with Gasteiger partial charge in [0.2, 0.25) is 5.91 Å². The second-order valence-corrected chi connectivity index (χ2v) is 9.46. The van der Waals surface area contributed by atoms with Gasteiger partial charge in [0.15, 0.2) is 6.10 Å². The van der Waals surface area contributed by atoms with E-state index in [1.54, 1.807) is 13.8 Å². The van der Waals surface area contributed by atoms with Crippen LogP contribution in [0.25, 0.3) is 11.1 Å². The zero-order valence-electron chi connectivity index (χ0n) is 21.8. The second kappa shape index (κ2) is 11.6. The van der Waals surface area contributed by atoms with Gasteiger partial charge in [0, 0.05) is 12.3 Å². The van der Waals surface area contributed by atoms with Crippen molar-refractivity contribution in [2.75, 3.05) is 18.3 Å². The molecule has 0 unspecified atom stereocenters. The van der Waals surface area contributed by atoms with Crippen molar-refractivity contribution in [3.05, 3.63) is 90.0 Å². The van der Waals surface area contributed by atoms with Gasteiger partial charge in [0.05, 0.1) is 12.3 Å². The number of para-hydroxylation sites is 1. The molecule has 5 rings (SSSR count). The molecule has 0 spiro atoms. The Bertz CT molecular complexity index is 1300. The summed E-state index contributed by atoms with van der Waals surface area (Å²) in [7, 11) is 0. The molecule has 1 fully saturated rings. The third-order valence-corrected chi connectivity index (χ3v) is 6.90. The van der Waals surface area contributed by atoms with Crippen LogP contribution in [0.15, 0.2) is 78.9 Å². The molecule has 1 heterocycles. The molecule has 9 heteroatoms. The Balaban J connectivity index is 1.19. The fraction of sp³-hybridized carbons (Fsp3) is 0.300. The topological polar surface area (TPSA) is 106 Å². The van der Waals surface area contributed by atoms with Crippen molar-refractivity contribution in [1.82, 2.24) is 10.6 Å². The van der Waals surface area contributed by atoms with Gasteiger partial charge in [-0.05, 0) is 48.2 Å². The molecule has 9 nitrogen and oxygen atoms in total. The fourth-order valence-corrected chi connectivity index (χ4v) is 5.03. The molecule has 0 bridgehead atoms. The zero-order valence-corrected chi connectivity index (χ0v) is 21.8. The van der Waals surface area contributed by atoms with Gasteiger partial charge in [0.25, 0.3) is 0 Å². The number of alkyl carbamates (subject to hydrolysis) is 1. The van der Waals surface area contributed by atoms with Crippen molar-refractivity contribution in [2.24, 2.45) is 0 Å². The van der Waals surface area contributed by atoms with E-state index in [0.29, 0.717) is 5.69 Å². The highest BCUT2D eigenvalue weighted by atomic mass is 16.7. The highest BCUT2D eigenvalue weighted by Gasteiger charge is 2.40. The van der Waals surface area contributed by atoms with Crippen molar-refractivity contribution in [1.29, 1.82) is 0 Å². The van der Waals surface area contributed by atoms with Crippen LogP contribution in [0.2, 0.25) is 0 Å². The molecule has 3 aromatic carbocycles. The first kappa shape index (κ1) is 26.2. The van der Waals surface area contributed by atoms with E-state index in [1.165, 1.54) is 5.06 Å². The molecule has 3 aromatic rings. The first-order valence-electron chi connectivity index (χ1n) is 13.1. The number of benzene rings is 3. The van der Waals surface area contributed by atoms with Gasteiger partial charge in [-0.1, -0.05) is 66.7 Å². The summed E-state index contributed by atoms with van der Waals surface area (Å²) in [6.45, 7) is 3.66. The van der Waals surface area contributed by atoms with Crippen LogP contribution in [0.4, 0.5) is 10.5 Å². The number of hydrogen-bond donors (Lipinski definition) is 2. The van der Waals surface area contributed by atoms with Crippen LogP contribution in [0.3, 0.4) is 0 Å². The van der Waals surface area contributed by atoms with Gasteiger partial charge in [-0.15, -0.1) is 0 Å². The molecule has 3 atom stereocenters. The summed E-state index contributed by atoms with van der Waals surface area (Å²) in [6, 6.07) is 24.4. The summed E-state index contributed by atoms with van der Waals surface area (Å²) in [5, 5.41) is 6.96. The lowest BCUT2D eigenvalue weighted by molar-refractivity contribution is -0.154. The van der Waals surface area contributed by atoms with Gasteiger partial charge >= 0.3 is 12.1 Å². The smallest absolute Gasteiger partial charge is 0.407 e. The number of rotatable bonds is 8. The molecule has 2 N–H and O–H groups in total. The highest BCUT2D eigenvalue weighted by molar-refractivity contribution is 5.86. The van der Waals surface area contributed by atoms with Crippen molar-refractivity contribution in [3.63, 3.8) is 0 Å². The minimum absolute atomic E-state index is 0.0813. The Morgan fingerprint density at radius 2 is 1.54 bits per heavy atom. The van der Waals surface area contributed by atoms with E-state index in [2.05, 4.69) is 22.8 Å². The first-order chi connectivity index (χ1) is 19.0. The van der Waals surface area contributed by atoms with E-state index < -0.39 is 36.3 Å². The normalized spacial score (nSPS) is 18.6. The number of esters is 1. The predicted octanol–water partition coefficient (Wildman–Crippen LogP) is 4.13. The molecular formula is C30H31N3O6. The highest BCUT2D eigenvalue weighted by Crippen LogP contribution is 2.44. The molecule has 202 valence electrons. The van der Waals surface area contributed by atoms with E-state index in [0.717, 1.165) is 22.3 Å². The molecule has 0 radical (unpaired) electrons. The van der Waals surface area contributed by atoms with Gasteiger partial charge < -0.3 is 20.1 Å². The number of hydrogen-bond acceptors (Lipinski definition) is 7. The van der Waals surface area contributed by atoms with Crippen LogP contribution in [-0.2, 0) is 23.9 Å². The van der Waals surface area contributed by atoms with Crippen molar-refractivity contribution in [3.8, 4) is 11.1 Å². The molecule has 39 heavy (non-hydrogen) atoms. The summed E-state index contributed by atoms with van der Waals surface area (Å²) in [4.78, 5) is 43.8. The third-order valence-electron chi connectivity index (χ3n) is 6.90. The molecule has 0 aromatic heterocycles. The van der Waals surface area contributed by atoms with Crippen LogP contribution in [0, 0.1) is 0 Å². The molecule has 2 aliphatic rings. The van der Waals surface area contributed by atoms with Crippen LogP contribution in [-0.4, -0.2) is 49.5 Å². The van der Waals surface area contributed by atoms with Gasteiger partial charge in [0.1, 0.15) is 18.8 Å². The van der Waals surface area contributed by atoms with Gasteiger partial charge in [-0.2, -0.15) is 0 Å². The number of fused-ring (bicyclic) bond motifs is 3. The number of carbonyl (C=O) groups is 3. The minimum atomic E-state index is -0.889. The number of carbonyl (C=O) groups excluding carboxylic acids is 3. The van der Waals surface area contributed by atoms with E-state index >= 15 is 0 Å². The lowest BCUT2D eigenvalue weighted by atomic mass is 9.98. The van der Waals surface area contributed by atoms with Gasteiger partial charge in [-0.3, -0.25) is 9.63 Å². The Hall–Kier alpha value is -4.37. The van der Waals surface area contributed by atoms with Crippen molar-refractivity contribution in [2.45, 2.75) is 44.5 Å². The van der Waals surface area contributed by atoms with Crippen LogP contribution in [0.5, 0.6) is 0 Å². The summed E-state index contributed by atoms with van der Waals surface area (Å²) in [5.41, 5.74) is 5.16. The van der Waals surface area contributed by atoms with E-state index in [4.69, 9.17) is 14.3 Å². The zero-order chi connectivity index (χ0) is 27.4. The molecular weight excluding hydrogens is 498 g/mol. The summed E-state index contributed by atoms with van der Waals surface area (Å²) < 4.78 is 10.7. The van der Waals surface area contributed by atoms with Crippen LogP contribution < -0.4 is 15.7 Å². The fourth-order valence-electron chi connectivity index (χ4n) is 5.03. The first-order valence-corrected chi connectivity index (χ1v) is 13.1. The Labute approximate surface area is 227 Å². The summed E-state index contributed by atoms with van der Waals surface area (Å²) >= 11 is 0. The maximum atomic E-state index is 13.0. The standard InChI is InChI=1S/C30H31N3O6/c1-3-37-29(35)26-17-27(33(39-26)20-11-5-4-6-12-20)32-28(34)19(2)31-30(36)38-18-25-23-15-9-7-13-21(23)22-14-8-10-16-24(22)25/h4-16,19,25-27H,3,17-18H2,1-2H3,(H,31,36)(H,32,34)/t19-,26+,27+/m0/s1. The quantitative estimate of drug-likeness (QED) is 0.423. The maximum Gasteiger partial charge on any atom is 0.407 e. The van der Waals surface area contributed by atoms with Gasteiger partial charge in [-0.25, -0.2) is 14.7 Å². The number of hydroxylamine groups is 1. The van der Waals surface area contributed by atoms with E-state index in [1.807, 2.05) is 66.7 Å². The number of amides is 2. The Kier molecular flexibility index (Phi) is 7.79. The lowest BCUT2D eigenvalue weighted by Crippen LogP contribution is -2.51. The molecule has 1 aliphatic heterocycles. The average Bonchev–Trinajstić information content (AvgIpc) is 3.52. The van der Waals surface area contributed by atoms with Crippen molar-refractivity contribution >= 4 is 23.7 Å². The SMILES string of the molecule is CCOC(=O)[C@H]1C[C@H](NC(=O)[C@H](C)NC(=O)OCC2c3ccccc3-c3ccccc32)N(c2ccccc2)O1. The average molecular weight is 530 g/mol. The molecule has 1 aliphatic carbocycles. The molecule has 1 saturated heterocycles. The van der Waals surface area contributed by atoms with E-state index in [-0.39, 0.29) is 25.6 Å². The van der Waals surface area contributed by atoms with Crippen LogP contribution >= 0.6 is 0 Å². The summed E-state index contributed by atoms with van der Waals surface area (Å²) in [6.07, 6.45) is -2.00. The summed E-state index contributed by atoms with van der Waals surface area (Å²) in [5.74, 6) is -1.02. The maximum absolute atomic E-state index is 13.0. The Morgan fingerprint density at radius 3 is 2.18 bits per heavy atom. The minimum Gasteiger partial charge on any atom is -0.464 e.